The van der Waals surface area contributed by atoms with Crippen LogP contribution in [0, 0.1) is 0 Å². The predicted octanol–water partition coefficient (Wildman–Crippen LogP) is 0.306. The maximum Gasteiger partial charge on any atom is 0.228 e. The predicted molar refractivity (Wildman–Crippen MR) is 61.8 cm³/mol. The molecule has 0 aliphatic rings. The molecule has 2 aromatic rings. The van der Waals surface area contributed by atoms with Gasteiger partial charge in [0.1, 0.15) is 0 Å². The van der Waals surface area contributed by atoms with E-state index < -0.39 is 9.84 Å². The molecule has 0 radical (unpaired) electrons. The fraction of sp³-hybridized carbons (Fsp3) is 0.300. The van der Waals surface area contributed by atoms with Crippen LogP contribution < -0.4 is 5.73 Å². The summed E-state index contributed by atoms with van der Waals surface area (Å²) in [5.41, 5.74) is 6.76. The fourth-order valence-electron chi connectivity index (χ4n) is 1.65. The molecule has 0 saturated carbocycles. The lowest BCUT2D eigenvalue weighted by molar-refractivity contribution is 0.580. The Morgan fingerprint density at radius 1 is 1.38 bits per heavy atom. The maximum atomic E-state index is 11.9. The van der Waals surface area contributed by atoms with Gasteiger partial charge in [-0.25, -0.2) is 13.4 Å². The van der Waals surface area contributed by atoms with Crippen molar-refractivity contribution in [2.24, 2.45) is 12.8 Å². The van der Waals surface area contributed by atoms with Crippen LogP contribution >= 0.6 is 0 Å². The highest BCUT2D eigenvalue weighted by Crippen LogP contribution is 2.18. The van der Waals surface area contributed by atoms with Crippen LogP contribution in [0.3, 0.4) is 0 Å². The Morgan fingerprint density at radius 3 is 2.69 bits per heavy atom. The molecule has 0 aliphatic heterocycles. The van der Waals surface area contributed by atoms with E-state index in [1.54, 1.807) is 17.7 Å². The van der Waals surface area contributed by atoms with Crippen molar-refractivity contribution in [3.05, 3.63) is 24.3 Å². The zero-order valence-corrected chi connectivity index (χ0v) is 9.74. The Morgan fingerprint density at radius 2 is 2.06 bits per heavy atom. The number of nitrogens with zero attached hydrogens (tertiary/aromatic N) is 2. The zero-order valence-electron chi connectivity index (χ0n) is 8.92. The Bertz CT molecular complexity index is 616. The van der Waals surface area contributed by atoms with Crippen LogP contribution in [-0.2, 0) is 16.9 Å². The summed E-state index contributed by atoms with van der Waals surface area (Å²) in [5, 5.41) is 0.0825. The molecule has 0 saturated heterocycles. The lowest BCUT2D eigenvalue weighted by Gasteiger charge is -2.02. The van der Waals surface area contributed by atoms with E-state index in [0.717, 1.165) is 5.52 Å². The average molecular weight is 239 g/mol. The highest BCUT2D eigenvalue weighted by Gasteiger charge is 2.20. The van der Waals surface area contributed by atoms with Gasteiger partial charge < -0.3 is 10.3 Å². The molecule has 6 heteroatoms. The van der Waals surface area contributed by atoms with Crippen LogP contribution in [0.2, 0.25) is 0 Å². The number of sulfone groups is 1. The molecule has 86 valence electrons. The van der Waals surface area contributed by atoms with E-state index >= 15 is 0 Å². The third-order valence-corrected chi connectivity index (χ3v) is 4.11. The van der Waals surface area contributed by atoms with Gasteiger partial charge in [-0.2, -0.15) is 0 Å². The van der Waals surface area contributed by atoms with Crippen LogP contribution in [0.25, 0.3) is 11.0 Å². The summed E-state index contributed by atoms with van der Waals surface area (Å²) in [6, 6.07) is 7.30. The topological polar surface area (TPSA) is 78.0 Å². The molecule has 2 rings (SSSR count). The van der Waals surface area contributed by atoms with Crippen LogP contribution in [-0.4, -0.2) is 30.3 Å². The number of hydrogen-bond donors (Lipinski definition) is 1. The van der Waals surface area contributed by atoms with Crippen LogP contribution in [0.1, 0.15) is 0 Å². The minimum Gasteiger partial charge on any atom is -0.329 e. The molecular weight excluding hydrogens is 226 g/mol. The Hall–Kier alpha value is -1.40. The summed E-state index contributed by atoms with van der Waals surface area (Å²) in [4.78, 5) is 4.12. The first kappa shape index (κ1) is 11.1. The fourth-order valence-corrected chi connectivity index (χ4v) is 2.89. The second-order valence-electron chi connectivity index (χ2n) is 3.55. The number of nitrogens with two attached hydrogens (primary N) is 1. The van der Waals surface area contributed by atoms with Crippen molar-refractivity contribution < 1.29 is 8.42 Å². The number of rotatable bonds is 3. The zero-order chi connectivity index (χ0) is 11.8. The Labute approximate surface area is 93.8 Å². The lowest BCUT2D eigenvalue weighted by Crippen LogP contribution is -2.18. The first-order valence-electron chi connectivity index (χ1n) is 4.90. The molecule has 1 heterocycles. The second kappa shape index (κ2) is 3.88. The summed E-state index contributed by atoms with van der Waals surface area (Å²) in [5.74, 6) is -0.0792. The van der Waals surface area contributed by atoms with Gasteiger partial charge >= 0.3 is 0 Å². The molecular formula is C10H13N3O2S. The van der Waals surface area contributed by atoms with Gasteiger partial charge in [-0.15, -0.1) is 0 Å². The number of hydrogen-bond acceptors (Lipinski definition) is 4. The lowest BCUT2D eigenvalue weighted by atomic mass is 10.3. The summed E-state index contributed by atoms with van der Waals surface area (Å²) < 4.78 is 25.3. The van der Waals surface area contributed by atoms with Gasteiger partial charge in [0.05, 0.1) is 16.8 Å². The van der Waals surface area contributed by atoms with Crippen molar-refractivity contribution in [1.82, 2.24) is 9.55 Å². The minimum absolute atomic E-state index is 0.0792. The SMILES string of the molecule is Cn1c(S(=O)(=O)CCN)nc2ccccc21. The van der Waals surface area contributed by atoms with E-state index in [9.17, 15) is 8.42 Å². The Kier molecular flexibility index (Phi) is 2.69. The number of imidazole rings is 1. The number of para-hydroxylation sites is 2. The summed E-state index contributed by atoms with van der Waals surface area (Å²) in [7, 11) is -1.68. The molecule has 0 atom stereocenters. The van der Waals surface area contributed by atoms with Gasteiger partial charge in [0, 0.05) is 13.6 Å². The van der Waals surface area contributed by atoms with E-state index in [2.05, 4.69) is 4.98 Å². The second-order valence-corrected chi connectivity index (χ2v) is 5.55. The molecule has 1 aromatic carbocycles. The van der Waals surface area contributed by atoms with E-state index in [0.29, 0.717) is 5.52 Å². The molecule has 1 aromatic heterocycles. The van der Waals surface area contributed by atoms with Crippen LogP contribution in [0.15, 0.2) is 29.4 Å². The number of fused-ring (bicyclic) bond motifs is 1. The van der Waals surface area contributed by atoms with Crippen molar-refractivity contribution in [3.63, 3.8) is 0 Å². The summed E-state index contributed by atoms with van der Waals surface area (Å²) in [6.07, 6.45) is 0. The van der Waals surface area contributed by atoms with Gasteiger partial charge in [0.15, 0.2) is 0 Å². The van der Waals surface area contributed by atoms with Crippen molar-refractivity contribution in [1.29, 1.82) is 0 Å². The summed E-state index contributed by atoms with van der Waals surface area (Å²) in [6.45, 7) is 0.103. The molecule has 0 spiro atoms. The van der Waals surface area contributed by atoms with Crippen molar-refractivity contribution in [2.75, 3.05) is 12.3 Å². The van der Waals surface area contributed by atoms with Crippen molar-refractivity contribution in [2.45, 2.75) is 5.16 Å². The molecule has 0 amide bonds. The van der Waals surface area contributed by atoms with Crippen LogP contribution in [0.5, 0.6) is 0 Å². The van der Waals surface area contributed by atoms with E-state index in [-0.39, 0.29) is 17.5 Å². The minimum atomic E-state index is -3.38. The molecule has 0 bridgehead atoms. The van der Waals surface area contributed by atoms with Crippen molar-refractivity contribution >= 4 is 20.9 Å². The number of aryl methyl sites for hydroxylation is 1. The van der Waals surface area contributed by atoms with E-state index in [1.807, 2.05) is 18.2 Å². The van der Waals surface area contributed by atoms with Gasteiger partial charge in [-0.1, -0.05) is 12.1 Å². The molecule has 2 N–H and O–H groups in total. The van der Waals surface area contributed by atoms with Crippen LogP contribution in [0.4, 0.5) is 0 Å². The first-order chi connectivity index (χ1) is 7.56. The molecule has 16 heavy (non-hydrogen) atoms. The van der Waals surface area contributed by atoms with Gasteiger partial charge in [0.2, 0.25) is 15.0 Å². The quantitative estimate of drug-likeness (QED) is 0.836. The highest BCUT2D eigenvalue weighted by molar-refractivity contribution is 7.91. The Balaban J connectivity index is 2.67. The first-order valence-corrected chi connectivity index (χ1v) is 6.56. The van der Waals surface area contributed by atoms with Gasteiger partial charge in [-0.3, -0.25) is 0 Å². The standard InChI is InChI=1S/C10H13N3O2S/c1-13-9-5-3-2-4-8(9)12-10(13)16(14,15)7-6-11/h2-5H,6-7,11H2,1H3. The van der Waals surface area contributed by atoms with Crippen molar-refractivity contribution in [3.8, 4) is 0 Å². The average Bonchev–Trinajstić information content (AvgIpc) is 2.58. The smallest absolute Gasteiger partial charge is 0.228 e. The normalized spacial score (nSPS) is 12.1. The largest absolute Gasteiger partial charge is 0.329 e. The molecule has 5 nitrogen and oxygen atoms in total. The highest BCUT2D eigenvalue weighted by atomic mass is 32.2. The number of aromatic nitrogens is 2. The van der Waals surface area contributed by atoms with Gasteiger partial charge in [-0.05, 0) is 12.1 Å². The van der Waals surface area contributed by atoms with E-state index in [4.69, 9.17) is 5.73 Å². The van der Waals surface area contributed by atoms with E-state index in [1.165, 1.54) is 0 Å². The maximum absolute atomic E-state index is 11.9. The third kappa shape index (κ3) is 1.70. The monoisotopic (exact) mass is 239 g/mol. The molecule has 0 aliphatic carbocycles. The van der Waals surface area contributed by atoms with Gasteiger partial charge in [0.25, 0.3) is 0 Å². The number of benzene rings is 1. The molecule has 0 fully saturated rings. The molecule has 0 unspecified atom stereocenters. The summed E-state index contributed by atoms with van der Waals surface area (Å²) >= 11 is 0. The third-order valence-electron chi connectivity index (χ3n) is 2.41.